The highest BCUT2D eigenvalue weighted by Gasteiger charge is 2.30. The van der Waals surface area contributed by atoms with Gasteiger partial charge in [-0.25, -0.2) is 0 Å². The van der Waals surface area contributed by atoms with E-state index in [1.54, 1.807) is 0 Å². The van der Waals surface area contributed by atoms with Gasteiger partial charge in [0.15, 0.2) is 0 Å². The number of hydrogen-bond donors (Lipinski definition) is 2. The summed E-state index contributed by atoms with van der Waals surface area (Å²) in [4.78, 5) is 2.26. The molecule has 3 nitrogen and oxygen atoms in total. The minimum Gasteiger partial charge on any atom is -0.389 e. The summed E-state index contributed by atoms with van der Waals surface area (Å²) in [6, 6.07) is 0. The molecule has 0 radical (unpaired) electrons. The van der Waals surface area contributed by atoms with Crippen LogP contribution in [-0.2, 0) is 0 Å². The van der Waals surface area contributed by atoms with Crippen LogP contribution < -0.4 is 5.32 Å². The van der Waals surface area contributed by atoms with E-state index >= 15 is 0 Å². The highest BCUT2D eigenvalue weighted by atomic mass is 16.3. The molecule has 82 valence electrons. The van der Waals surface area contributed by atoms with Gasteiger partial charge < -0.3 is 10.4 Å². The van der Waals surface area contributed by atoms with E-state index in [-0.39, 0.29) is 0 Å². The molecule has 1 aliphatic rings. The Balaban J connectivity index is 2.22. The molecule has 1 aliphatic heterocycles. The zero-order chi connectivity index (χ0) is 10.6. The van der Waals surface area contributed by atoms with Gasteiger partial charge in [0.2, 0.25) is 0 Å². The maximum Gasteiger partial charge on any atom is 0.0758 e. The van der Waals surface area contributed by atoms with Crippen molar-refractivity contribution in [2.24, 2.45) is 0 Å². The largest absolute Gasteiger partial charge is 0.389 e. The van der Waals surface area contributed by atoms with Gasteiger partial charge in [-0.05, 0) is 25.5 Å². The summed E-state index contributed by atoms with van der Waals surface area (Å²) in [7, 11) is 0. The molecule has 1 fully saturated rings. The third-order valence-corrected chi connectivity index (χ3v) is 2.60. The Bertz CT molecular complexity index is 201. The summed E-state index contributed by atoms with van der Waals surface area (Å²) < 4.78 is 0. The van der Waals surface area contributed by atoms with Gasteiger partial charge in [0.25, 0.3) is 0 Å². The number of likely N-dealkylation sites (N-methyl/N-ethyl adjacent to an activating group) is 1. The molecule has 0 aromatic carbocycles. The fraction of sp³-hybridized carbons (Fsp3) is 0.818. The molecule has 1 unspecified atom stereocenters. The summed E-state index contributed by atoms with van der Waals surface area (Å²) >= 11 is 0. The predicted octanol–water partition coefficient (Wildman–Crippen LogP) is 0.609. The lowest BCUT2D eigenvalue weighted by molar-refractivity contribution is 0.0699. The monoisotopic (exact) mass is 198 g/mol. The van der Waals surface area contributed by atoms with Crippen LogP contribution in [0.1, 0.15) is 20.3 Å². The van der Waals surface area contributed by atoms with Crippen LogP contribution in [0.15, 0.2) is 12.2 Å². The van der Waals surface area contributed by atoms with Crippen molar-refractivity contribution in [3.8, 4) is 0 Å². The molecule has 0 saturated carbocycles. The summed E-state index contributed by atoms with van der Waals surface area (Å²) in [6.07, 6.45) is 0.876. The number of nitrogens with one attached hydrogen (secondary N) is 1. The van der Waals surface area contributed by atoms with E-state index in [1.165, 1.54) is 5.57 Å². The van der Waals surface area contributed by atoms with Gasteiger partial charge in [0.1, 0.15) is 0 Å². The van der Waals surface area contributed by atoms with Crippen molar-refractivity contribution >= 4 is 0 Å². The first-order chi connectivity index (χ1) is 6.53. The molecule has 0 spiro atoms. The lowest BCUT2D eigenvalue weighted by Gasteiger charge is -2.19. The third-order valence-electron chi connectivity index (χ3n) is 2.60. The van der Waals surface area contributed by atoms with Crippen LogP contribution in [0.4, 0.5) is 0 Å². The Kier molecular flexibility index (Phi) is 4.11. The van der Waals surface area contributed by atoms with Crippen molar-refractivity contribution in [1.29, 1.82) is 0 Å². The van der Waals surface area contributed by atoms with Crippen molar-refractivity contribution in [3.05, 3.63) is 12.2 Å². The topological polar surface area (TPSA) is 35.5 Å². The fourth-order valence-electron chi connectivity index (χ4n) is 1.85. The SMILES string of the molecule is C=C(CNCC)CN1CCC(C)(O)C1. The lowest BCUT2D eigenvalue weighted by atomic mass is 10.1. The van der Waals surface area contributed by atoms with Crippen LogP contribution in [0.3, 0.4) is 0 Å². The minimum atomic E-state index is -0.488. The standard InChI is InChI=1S/C11H22N2O/c1-4-12-7-10(2)8-13-6-5-11(3,14)9-13/h12,14H,2,4-9H2,1,3H3. The zero-order valence-electron chi connectivity index (χ0n) is 9.34. The smallest absolute Gasteiger partial charge is 0.0758 e. The van der Waals surface area contributed by atoms with Gasteiger partial charge in [0, 0.05) is 26.2 Å². The first-order valence-electron chi connectivity index (χ1n) is 5.35. The van der Waals surface area contributed by atoms with Gasteiger partial charge in [-0.1, -0.05) is 13.5 Å². The summed E-state index contributed by atoms with van der Waals surface area (Å²) in [5, 5.41) is 13.0. The average molecular weight is 198 g/mol. The fourth-order valence-corrected chi connectivity index (χ4v) is 1.85. The third kappa shape index (κ3) is 3.78. The van der Waals surface area contributed by atoms with Gasteiger partial charge >= 0.3 is 0 Å². The Morgan fingerprint density at radius 2 is 2.36 bits per heavy atom. The molecule has 0 aromatic heterocycles. The maximum atomic E-state index is 9.77. The number of aliphatic hydroxyl groups is 1. The first kappa shape index (κ1) is 11.7. The normalized spacial score (nSPS) is 28.2. The van der Waals surface area contributed by atoms with Crippen LogP contribution in [-0.4, -0.2) is 48.3 Å². The van der Waals surface area contributed by atoms with Gasteiger partial charge in [0.05, 0.1) is 5.60 Å². The molecule has 0 aliphatic carbocycles. The van der Waals surface area contributed by atoms with E-state index in [1.807, 2.05) is 6.92 Å². The molecule has 3 heteroatoms. The van der Waals surface area contributed by atoms with Gasteiger partial charge in [-0.3, -0.25) is 4.90 Å². The van der Waals surface area contributed by atoms with Crippen molar-refractivity contribution in [3.63, 3.8) is 0 Å². The Labute approximate surface area is 86.8 Å². The Morgan fingerprint density at radius 3 is 2.86 bits per heavy atom. The van der Waals surface area contributed by atoms with Crippen LogP contribution in [0.5, 0.6) is 0 Å². The Morgan fingerprint density at radius 1 is 1.64 bits per heavy atom. The predicted molar refractivity (Wildman–Crippen MR) is 59.4 cm³/mol. The molecule has 0 amide bonds. The Hall–Kier alpha value is -0.380. The minimum absolute atomic E-state index is 0.488. The highest BCUT2D eigenvalue weighted by Crippen LogP contribution is 2.20. The number of β-amino-alcohol motifs (C(OH)–C–C–N with tert-alkyl or cyclic N) is 1. The molecule has 0 bridgehead atoms. The van der Waals surface area contributed by atoms with E-state index in [4.69, 9.17) is 0 Å². The highest BCUT2D eigenvalue weighted by molar-refractivity contribution is 5.02. The molecule has 1 heterocycles. The second-order valence-electron chi connectivity index (χ2n) is 4.49. The number of nitrogens with zero attached hydrogens (tertiary/aromatic N) is 1. The molecule has 0 aromatic rings. The van der Waals surface area contributed by atoms with E-state index in [0.717, 1.165) is 39.1 Å². The van der Waals surface area contributed by atoms with Gasteiger partial charge in [-0.15, -0.1) is 0 Å². The van der Waals surface area contributed by atoms with E-state index in [2.05, 4.69) is 23.7 Å². The quantitative estimate of drug-likeness (QED) is 0.635. The van der Waals surface area contributed by atoms with Crippen LogP contribution in [0, 0.1) is 0 Å². The molecular formula is C11H22N2O. The van der Waals surface area contributed by atoms with Crippen molar-refractivity contribution in [1.82, 2.24) is 10.2 Å². The first-order valence-corrected chi connectivity index (χ1v) is 5.35. The molecule has 2 N–H and O–H groups in total. The van der Waals surface area contributed by atoms with E-state index < -0.39 is 5.60 Å². The molecule has 14 heavy (non-hydrogen) atoms. The number of rotatable bonds is 5. The second-order valence-corrected chi connectivity index (χ2v) is 4.49. The molecule has 1 rings (SSSR count). The van der Waals surface area contributed by atoms with Crippen LogP contribution in [0.2, 0.25) is 0 Å². The van der Waals surface area contributed by atoms with E-state index in [9.17, 15) is 5.11 Å². The maximum absolute atomic E-state index is 9.77. The van der Waals surface area contributed by atoms with Crippen LogP contribution in [0.25, 0.3) is 0 Å². The van der Waals surface area contributed by atoms with E-state index in [0.29, 0.717) is 0 Å². The second kappa shape index (κ2) is 4.91. The number of likely N-dealkylation sites (tertiary alicyclic amines) is 1. The molecule has 1 saturated heterocycles. The van der Waals surface area contributed by atoms with Crippen molar-refractivity contribution in [2.45, 2.75) is 25.9 Å². The van der Waals surface area contributed by atoms with Crippen molar-refractivity contribution < 1.29 is 5.11 Å². The molecule has 1 atom stereocenters. The summed E-state index contributed by atoms with van der Waals surface area (Å²) in [5.74, 6) is 0. The number of hydrogen-bond acceptors (Lipinski definition) is 3. The summed E-state index contributed by atoms with van der Waals surface area (Å²) in [5.41, 5.74) is 0.711. The van der Waals surface area contributed by atoms with Gasteiger partial charge in [-0.2, -0.15) is 0 Å². The average Bonchev–Trinajstić information content (AvgIpc) is 2.42. The van der Waals surface area contributed by atoms with Crippen molar-refractivity contribution in [2.75, 3.05) is 32.7 Å². The van der Waals surface area contributed by atoms with Crippen LogP contribution >= 0.6 is 0 Å². The molecular weight excluding hydrogens is 176 g/mol. The zero-order valence-corrected chi connectivity index (χ0v) is 9.34. The lowest BCUT2D eigenvalue weighted by Crippen LogP contribution is -2.32. The summed E-state index contributed by atoms with van der Waals surface area (Å²) in [6.45, 7) is 12.5.